The van der Waals surface area contributed by atoms with Crippen LogP contribution in [0.3, 0.4) is 0 Å². The quantitative estimate of drug-likeness (QED) is 0.691. The van der Waals surface area contributed by atoms with E-state index < -0.39 is 0 Å². The SMILES string of the molecule is CC1CN(c2ccc(N)cn2)C=N1. The van der Waals surface area contributed by atoms with Crippen LogP contribution in [-0.4, -0.2) is 23.9 Å². The molecule has 1 unspecified atom stereocenters. The van der Waals surface area contributed by atoms with E-state index in [4.69, 9.17) is 5.73 Å². The lowest BCUT2D eigenvalue weighted by atomic mass is 10.3. The zero-order chi connectivity index (χ0) is 9.26. The molecule has 1 aromatic heterocycles. The van der Waals surface area contributed by atoms with Gasteiger partial charge in [-0.05, 0) is 19.1 Å². The van der Waals surface area contributed by atoms with Crippen LogP contribution in [0.25, 0.3) is 0 Å². The topological polar surface area (TPSA) is 54.5 Å². The number of hydrogen-bond acceptors (Lipinski definition) is 4. The van der Waals surface area contributed by atoms with Crippen LogP contribution in [0.5, 0.6) is 0 Å². The molecule has 2 N–H and O–H groups in total. The van der Waals surface area contributed by atoms with Gasteiger partial charge in [-0.25, -0.2) is 4.98 Å². The van der Waals surface area contributed by atoms with Crippen molar-refractivity contribution in [3.63, 3.8) is 0 Å². The molecule has 0 fully saturated rings. The maximum atomic E-state index is 5.54. The van der Waals surface area contributed by atoms with Crippen molar-refractivity contribution in [2.45, 2.75) is 13.0 Å². The second kappa shape index (κ2) is 3.05. The van der Waals surface area contributed by atoms with Crippen molar-refractivity contribution in [2.75, 3.05) is 17.2 Å². The highest BCUT2D eigenvalue weighted by atomic mass is 15.3. The molecule has 0 spiro atoms. The van der Waals surface area contributed by atoms with Crippen molar-refractivity contribution < 1.29 is 0 Å². The molecule has 4 nitrogen and oxygen atoms in total. The Morgan fingerprint density at radius 2 is 2.38 bits per heavy atom. The Bertz CT molecular complexity index is 317. The van der Waals surface area contributed by atoms with Gasteiger partial charge in [-0.3, -0.25) is 4.99 Å². The summed E-state index contributed by atoms with van der Waals surface area (Å²) in [5.74, 6) is 0.905. The van der Waals surface area contributed by atoms with Crippen LogP contribution in [-0.2, 0) is 0 Å². The van der Waals surface area contributed by atoms with Crippen LogP contribution in [0.1, 0.15) is 6.92 Å². The summed E-state index contributed by atoms with van der Waals surface area (Å²) >= 11 is 0. The molecular formula is C9H12N4. The van der Waals surface area contributed by atoms with Gasteiger partial charge in [-0.1, -0.05) is 0 Å². The molecule has 1 aliphatic rings. The number of aromatic nitrogens is 1. The number of pyridine rings is 1. The second-order valence-electron chi connectivity index (χ2n) is 3.22. The molecule has 0 saturated carbocycles. The number of nitrogens with zero attached hydrogens (tertiary/aromatic N) is 3. The number of nitrogen functional groups attached to an aromatic ring is 1. The Kier molecular flexibility index (Phi) is 1.88. The fourth-order valence-electron chi connectivity index (χ4n) is 1.29. The van der Waals surface area contributed by atoms with Crippen LogP contribution in [0.15, 0.2) is 23.3 Å². The summed E-state index contributed by atoms with van der Waals surface area (Å²) in [6, 6.07) is 4.11. The summed E-state index contributed by atoms with van der Waals surface area (Å²) in [6.07, 6.45) is 3.48. The van der Waals surface area contributed by atoms with E-state index in [9.17, 15) is 0 Å². The van der Waals surface area contributed by atoms with E-state index in [1.807, 2.05) is 23.4 Å². The van der Waals surface area contributed by atoms with E-state index in [0.29, 0.717) is 11.7 Å². The van der Waals surface area contributed by atoms with Crippen LogP contribution in [0, 0.1) is 0 Å². The molecule has 1 aliphatic heterocycles. The standard InChI is InChI=1S/C9H12N4/c1-7-5-13(6-12-7)9-3-2-8(10)4-11-9/h2-4,6-7H,5,10H2,1H3. The molecule has 0 radical (unpaired) electrons. The first-order valence-electron chi connectivity index (χ1n) is 4.27. The minimum atomic E-state index is 0.361. The van der Waals surface area contributed by atoms with Gasteiger partial charge in [-0.2, -0.15) is 0 Å². The third kappa shape index (κ3) is 1.61. The lowest BCUT2D eigenvalue weighted by Crippen LogP contribution is -2.22. The fourth-order valence-corrected chi connectivity index (χ4v) is 1.29. The van der Waals surface area contributed by atoms with E-state index in [1.165, 1.54) is 0 Å². The molecule has 2 heterocycles. The van der Waals surface area contributed by atoms with E-state index in [1.54, 1.807) is 6.20 Å². The monoisotopic (exact) mass is 176 g/mol. The molecule has 0 saturated heterocycles. The average molecular weight is 176 g/mol. The average Bonchev–Trinajstić information content (AvgIpc) is 2.53. The van der Waals surface area contributed by atoms with Gasteiger partial charge in [0.05, 0.1) is 24.3 Å². The first-order chi connectivity index (χ1) is 6.25. The zero-order valence-corrected chi connectivity index (χ0v) is 7.51. The molecule has 2 rings (SSSR count). The van der Waals surface area contributed by atoms with Gasteiger partial charge in [0, 0.05) is 6.54 Å². The van der Waals surface area contributed by atoms with Gasteiger partial charge in [0.25, 0.3) is 0 Å². The largest absolute Gasteiger partial charge is 0.397 e. The first kappa shape index (κ1) is 8.04. The van der Waals surface area contributed by atoms with Crippen molar-refractivity contribution in [2.24, 2.45) is 4.99 Å². The highest BCUT2D eigenvalue weighted by Gasteiger charge is 2.14. The Morgan fingerprint density at radius 1 is 1.54 bits per heavy atom. The van der Waals surface area contributed by atoms with Gasteiger partial charge in [-0.15, -0.1) is 0 Å². The zero-order valence-electron chi connectivity index (χ0n) is 7.51. The molecule has 13 heavy (non-hydrogen) atoms. The van der Waals surface area contributed by atoms with Gasteiger partial charge < -0.3 is 10.6 Å². The number of anilines is 2. The molecule has 0 amide bonds. The number of hydrogen-bond donors (Lipinski definition) is 1. The summed E-state index contributed by atoms with van der Waals surface area (Å²) in [7, 11) is 0. The maximum absolute atomic E-state index is 5.54. The predicted octanol–water partition coefficient (Wildman–Crippen LogP) is 0.901. The van der Waals surface area contributed by atoms with E-state index in [0.717, 1.165) is 12.4 Å². The number of rotatable bonds is 1. The van der Waals surface area contributed by atoms with Crippen molar-refractivity contribution in [1.29, 1.82) is 0 Å². The minimum Gasteiger partial charge on any atom is -0.397 e. The van der Waals surface area contributed by atoms with Crippen molar-refractivity contribution in [3.8, 4) is 0 Å². The summed E-state index contributed by atoms with van der Waals surface area (Å²) < 4.78 is 0. The maximum Gasteiger partial charge on any atom is 0.133 e. The molecule has 0 bridgehead atoms. The molecule has 68 valence electrons. The molecular weight excluding hydrogens is 164 g/mol. The Balaban J connectivity index is 2.18. The van der Waals surface area contributed by atoms with E-state index in [-0.39, 0.29) is 0 Å². The van der Waals surface area contributed by atoms with Crippen LogP contribution >= 0.6 is 0 Å². The third-order valence-electron chi connectivity index (χ3n) is 1.99. The van der Waals surface area contributed by atoms with Crippen LogP contribution in [0.4, 0.5) is 11.5 Å². The Morgan fingerprint density at radius 3 is 2.92 bits per heavy atom. The predicted molar refractivity (Wildman–Crippen MR) is 53.9 cm³/mol. The molecule has 0 aliphatic carbocycles. The summed E-state index contributed by atoms with van der Waals surface area (Å²) in [4.78, 5) is 10.5. The molecule has 1 atom stereocenters. The van der Waals surface area contributed by atoms with Gasteiger partial charge in [0.15, 0.2) is 0 Å². The van der Waals surface area contributed by atoms with Crippen LogP contribution in [0.2, 0.25) is 0 Å². The van der Waals surface area contributed by atoms with E-state index >= 15 is 0 Å². The number of aliphatic imine (C=N–C) groups is 1. The molecule has 0 aromatic carbocycles. The van der Waals surface area contributed by atoms with Crippen molar-refractivity contribution in [1.82, 2.24) is 4.98 Å². The highest BCUT2D eigenvalue weighted by Crippen LogP contribution is 2.14. The molecule has 1 aromatic rings. The second-order valence-corrected chi connectivity index (χ2v) is 3.22. The Hall–Kier alpha value is -1.58. The lowest BCUT2D eigenvalue weighted by molar-refractivity contribution is 0.791. The fraction of sp³-hybridized carbons (Fsp3) is 0.333. The Labute approximate surface area is 77.1 Å². The first-order valence-corrected chi connectivity index (χ1v) is 4.27. The van der Waals surface area contributed by atoms with Gasteiger partial charge in [0.1, 0.15) is 5.82 Å². The van der Waals surface area contributed by atoms with Crippen molar-refractivity contribution >= 4 is 17.8 Å². The summed E-state index contributed by atoms with van der Waals surface area (Å²) in [6.45, 7) is 2.98. The number of nitrogens with two attached hydrogens (primary N) is 1. The van der Waals surface area contributed by atoms with Crippen LogP contribution < -0.4 is 10.6 Å². The van der Waals surface area contributed by atoms with Crippen molar-refractivity contribution in [3.05, 3.63) is 18.3 Å². The minimum absolute atomic E-state index is 0.361. The highest BCUT2D eigenvalue weighted by molar-refractivity contribution is 5.79. The van der Waals surface area contributed by atoms with Gasteiger partial charge >= 0.3 is 0 Å². The summed E-state index contributed by atoms with van der Waals surface area (Å²) in [5, 5.41) is 0. The lowest BCUT2D eigenvalue weighted by Gasteiger charge is -2.13. The normalized spacial score (nSPS) is 21.0. The molecule has 4 heteroatoms. The van der Waals surface area contributed by atoms with E-state index in [2.05, 4.69) is 16.9 Å². The van der Waals surface area contributed by atoms with Gasteiger partial charge in [0.2, 0.25) is 0 Å². The third-order valence-corrected chi connectivity index (χ3v) is 1.99. The smallest absolute Gasteiger partial charge is 0.133 e. The summed E-state index contributed by atoms with van der Waals surface area (Å²) in [5.41, 5.74) is 6.23.